The maximum atomic E-state index is 4.18. The summed E-state index contributed by atoms with van der Waals surface area (Å²) in [6, 6.07) is 1.26. The van der Waals surface area contributed by atoms with E-state index in [4.69, 9.17) is 0 Å². The summed E-state index contributed by atoms with van der Waals surface area (Å²) in [5, 5.41) is 3.84. The highest BCUT2D eigenvalue weighted by molar-refractivity contribution is 8.00. The molecule has 2 fully saturated rings. The maximum absolute atomic E-state index is 4.18. The molecular weight excluding hydrogens is 242 g/mol. The van der Waals surface area contributed by atoms with Crippen molar-refractivity contribution in [1.29, 1.82) is 0 Å². The van der Waals surface area contributed by atoms with Crippen molar-refractivity contribution < 1.29 is 0 Å². The van der Waals surface area contributed by atoms with Crippen LogP contribution in [0.2, 0.25) is 0 Å². The van der Waals surface area contributed by atoms with E-state index in [2.05, 4.69) is 39.1 Å². The number of thioether (sulfide) groups is 1. The molecule has 0 aromatic carbocycles. The fraction of sp³-hybridized carbons (Fsp3) is 0.786. The van der Waals surface area contributed by atoms with Gasteiger partial charge in [-0.05, 0) is 38.4 Å². The summed E-state index contributed by atoms with van der Waals surface area (Å²) in [7, 11) is 0. The Morgan fingerprint density at radius 3 is 2.89 bits per heavy atom. The molecule has 2 atom stereocenters. The molecule has 18 heavy (non-hydrogen) atoms. The van der Waals surface area contributed by atoms with E-state index in [9.17, 15) is 0 Å². The van der Waals surface area contributed by atoms with Gasteiger partial charge in [-0.15, -0.1) is 0 Å². The third kappa shape index (κ3) is 2.32. The van der Waals surface area contributed by atoms with E-state index < -0.39 is 0 Å². The minimum absolute atomic E-state index is 0.544. The lowest BCUT2D eigenvalue weighted by Gasteiger charge is -2.41. The predicted molar refractivity (Wildman–Crippen MR) is 77.0 cm³/mol. The van der Waals surface area contributed by atoms with Gasteiger partial charge in [0.2, 0.25) is 0 Å². The van der Waals surface area contributed by atoms with E-state index in [0.717, 1.165) is 0 Å². The van der Waals surface area contributed by atoms with Crippen LogP contribution in [-0.2, 0) is 0 Å². The number of rotatable bonds is 5. The second-order valence-electron chi connectivity index (χ2n) is 5.74. The fourth-order valence-electron chi connectivity index (χ4n) is 3.34. The van der Waals surface area contributed by atoms with E-state index in [1.165, 1.54) is 45.1 Å². The smallest absolute Gasteiger partial charge is 0.0949 e. The van der Waals surface area contributed by atoms with Crippen LogP contribution in [0.1, 0.15) is 44.6 Å². The van der Waals surface area contributed by atoms with Gasteiger partial charge in [0.1, 0.15) is 0 Å². The molecule has 3 nitrogen and oxygen atoms in total. The van der Waals surface area contributed by atoms with Crippen LogP contribution in [0.3, 0.4) is 0 Å². The Morgan fingerprint density at radius 2 is 2.28 bits per heavy atom. The van der Waals surface area contributed by atoms with Crippen LogP contribution in [0, 0.1) is 0 Å². The van der Waals surface area contributed by atoms with Crippen molar-refractivity contribution in [2.75, 3.05) is 12.8 Å². The molecular formula is C14H23N3S. The van der Waals surface area contributed by atoms with E-state index in [1.807, 2.05) is 12.5 Å². The Labute approximate surface area is 114 Å². The monoisotopic (exact) mass is 265 g/mol. The molecule has 1 heterocycles. The Balaban J connectivity index is 1.58. The van der Waals surface area contributed by atoms with Gasteiger partial charge in [0.15, 0.2) is 0 Å². The SMILES string of the molecule is CSC1(CNC2CCCC2n2ccnc2)CCC1. The third-order valence-electron chi connectivity index (χ3n) is 4.77. The highest BCUT2D eigenvalue weighted by Gasteiger charge is 2.37. The minimum Gasteiger partial charge on any atom is -0.333 e. The molecule has 1 aromatic rings. The number of imidazole rings is 1. The summed E-state index contributed by atoms with van der Waals surface area (Å²) in [6.07, 6.45) is 16.4. The zero-order chi connectivity index (χ0) is 12.4. The van der Waals surface area contributed by atoms with Crippen molar-refractivity contribution in [2.45, 2.75) is 55.4 Å². The molecule has 2 aliphatic rings. The average molecular weight is 265 g/mol. The number of nitrogens with zero attached hydrogens (tertiary/aromatic N) is 2. The highest BCUT2D eigenvalue weighted by atomic mass is 32.2. The molecule has 0 spiro atoms. The number of hydrogen-bond acceptors (Lipinski definition) is 3. The van der Waals surface area contributed by atoms with Crippen molar-refractivity contribution >= 4 is 11.8 Å². The third-order valence-corrected chi connectivity index (χ3v) is 6.19. The molecule has 0 aliphatic heterocycles. The van der Waals surface area contributed by atoms with Gasteiger partial charge >= 0.3 is 0 Å². The summed E-state index contributed by atoms with van der Waals surface area (Å²) in [5.74, 6) is 0. The summed E-state index contributed by atoms with van der Waals surface area (Å²) in [4.78, 5) is 4.18. The van der Waals surface area contributed by atoms with Crippen LogP contribution in [0.15, 0.2) is 18.7 Å². The molecule has 2 unspecified atom stereocenters. The summed E-state index contributed by atoms with van der Waals surface area (Å²) in [6.45, 7) is 1.18. The summed E-state index contributed by atoms with van der Waals surface area (Å²) >= 11 is 2.06. The van der Waals surface area contributed by atoms with Gasteiger partial charge in [-0.2, -0.15) is 11.8 Å². The van der Waals surface area contributed by atoms with Gasteiger partial charge in [0, 0.05) is 35.8 Å². The second-order valence-corrected chi connectivity index (χ2v) is 7.01. The lowest BCUT2D eigenvalue weighted by molar-refractivity contribution is 0.307. The van der Waals surface area contributed by atoms with E-state index >= 15 is 0 Å². The lowest BCUT2D eigenvalue weighted by Crippen LogP contribution is -2.47. The lowest BCUT2D eigenvalue weighted by atomic mass is 9.84. The van der Waals surface area contributed by atoms with E-state index in [-0.39, 0.29) is 0 Å². The van der Waals surface area contributed by atoms with Gasteiger partial charge in [0.25, 0.3) is 0 Å². The van der Waals surface area contributed by atoms with Crippen LogP contribution in [-0.4, -0.2) is 33.1 Å². The van der Waals surface area contributed by atoms with Crippen LogP contribution < -0.4 is 5.32 Å². The summed E-state index contributed by atoms with van der Waals surface area (Å²) < 4.78 is 2.83. The molecule has 0 bridgehead atoms. The standard InChI is InChI=1S/C14H23N3S/c1-18-14(6-3-7-14)10-16-12-4-2-5-13(12)17-9-8-15-11-17/h8-9,11-13,16H,2-7,10H2,1H3. The van der Waals surface area contributed by atoms with E-state index in [1.54, 1.807) is 0 Å². The van der Waals surface area contributed by atoms with Gasteiger partial charge in [-0.3, -0.25) is 0 Å². The topological polar surface area (TPSA) is 29.9 Å². The zero-order valence-corrected chi connectivity index (χ0v) is 12.0. The molecule has 3 rings (SSSR count). The Kier molecular flexibility index (Phi) is 3.66. The number of hydrogen-bond donors (Lipinski definition) is 1. The van der Waals surface area contributed by atoms with Crippen molar-refractivity contribution in [3.05, 3.63) is 18.7 Å². The van der Waals surface area contributed by atoms with Crippen LogP contribution in [0.4, 0.5) is 0 Å². The van der Waals surface area contributed by atoms with Gasteiger partial charge in [-0.1, -0.05) is 6.42 Å². The van der Waals surface area contributed by atoms with Crippen molar-refractivity contribution in [3.63, 3.8) is 0 Å². The normalized spacial score (nSPS) is 30.3. The second kappa shape index (κ2) is 5.25. The van der Waals surface area contributed by atoms with Gasteiger partial charge < -0.3 is 9.88 Å². The predicted octanol–water partition coefficient (Wildman–Crippen LogP) is 2.85. The molecule has 0 saturated heterocycles. The highest BCUT2D eigenvalue weighted by Crippen LogP contribution is 2.42. The average Bonchev–Trinajstić information content (AvgIpc) is 2.98. The zero-order valence-electron chi connectivity index (χ0n) is 11.1. The van der Waals surface area contributed by atoms with Crippen molar-refractivity contribution in [3.8, 4) is 0 Å². The van der Waals surface area contributed by atoms with E-state index in [0.29, 0.717) is 16.8 Å². The summed E-state index contributed by atoms with van der Waals surface area (Å²) in [5.41, 5.74) is 0. The van der Waals surface area contributed by atoms with Gasteiger partial charge in [-0.25, -0.2) is 4.98 Å². The Bertz CT molecular complexity index is 367. The first kappa shape index (κ1) is 12.5. The first-order chi connectivity index (χ1) is 8.83. The number of nitrogens with one attached hydrogen (secondary N) is 1. The molecule has 0 radical (unpaired) electrons. The van der Waals surface area contributed by atoms with Crippen molar-refractivity contribution in [2.24, 2.45) is 0 Å². The van der Waals surface area contributed by atoms with Crippen LogP contribution >= 0.6 is 11.8 Å². The van der Waals surface area contributed by atoms with Gasteiger partial charge in [0.05, 0.1) is 6.33 Å². The molecule has 2 saturated carbocycles. The molecule has 2 aliphatic carbocycles. The maximum Gasteiger partial charge on any atom is 0.0949 e. The Hall–Kier alpha value is -0.480. The van der Waals surface area contributed by atoms with Crippen LogP contribution in [0.5, 0.6) is 0 Å². The van der Waals surface area contributed by atoms with Crippen LogP contribution in [0.25, 0.3) is 0 Å². The largest absolute Gasteiger partial charge is 0.333 e. The number of aromatic nitrogens is 2. The quantitative estimate of drug-likeness (QED) is 0.888. The molecule has 1 N–H and O–H groups in total. The first-order valence-electron chi connectivity index (χ1n) is 7.09. The first-order valence-corrected chi connectivity index (χ1v) is 8.31. The molecule has 0 amide bonds. The Morgan fingerprint density at radius 1 is 1.39 bits per heavy atom. The minimum atomic E-state index is 0.544. The molecule has 100 valence electrons. The van der Waals surface area contributed by atoms with Crippen molar-refractivity contribution in [1.82, 2.24) is 14.9 Å². The molecule has 4 heteroatoms. The molecule has 1 aromatic heterocycles. The fourth-order valence-corrected chi connectivity index (χ4v) is 4.27.